The minimum absolute atomic E-state index is 0.140. The lowest BCUT2D eigenvalue weighted by atomic mass is 9.96. The van der Waals surface area contributed by atoms with E-state index in [0.717, 1.165) is 32.5 Å². The van der Waals surface area contributed by atoms with Crippen LogP contribution in [0.2, 0.25) is 0 Å². The molecule has 1 saturated heterocycles. The van der Waals surface area contributed by atoms with Crippen LogP contribution < -0.4 is 5.32 Å². The molecule has 0 unspecified atom stereocenters. The summed E-state index contributed by atoms with van der Waals surface area (Å²) >= 11 is 0. The zero-order valence-corrected chi connectivity index (χ0v) is 14.1. The lowest BCUT2D eigenvalue weighted by Crippen LogP contribution is -2.44. The molecule has 1 heterocycles. The highest BCUT2D eigenvalue weighted by molar-refractivity contribution is 5.78. The Morgan fingerprint density at radius 3 is 2.36 bits per heavy atom. The summed E-state index contributed by atoms with van der Waals surface area (Å²) in [4.78, 5) is 27.8. The van der Waals surface area contributed by atoms with Crippen molar-refractivity contribution < 1.29 is 9.59 Å². The van der Waals surface area contributed by atoms with Gasteiger partial charge >= 0.3 is 0 Å². The summed E-state index contributed by atoms with van der Waals surface area (Å²) < 4.78 is 0. The first-order valence-electron chi connectivity index (χ1n) is 8.84. The van der Waals surface area contributed by atoms with Crippen LogP contribution in [0.4, 0.5) is 0 Å². The fourth-order valence-electron chi connectivity index (χ4n) is 3.62. The molecule has 1 N–H and O–H groups in total. The summed E-state index contributed by atoms with van der Waals surface area (Å²) in [5.41, 5.74) is 0. The highest BCUT2D eigenvalue weighted by Gasteiger charge is 2.23. The van der Waals surface area contributed by atoms with Gasteiger partial charge in [-0.25, -0.2) is 0 Å². The minimum Gasteiger partial charge on any atom is -0.355 e. The molecule has 2 fully saturated rings. The summed E-state index contributed by atoms with van der Waals surface area (Å²) in [6.07, 6.45) is 7.66. The monoisotopic (exact) mass is 309 g/mol. The molecule has 2 amide bonds. The lowest BCUT2D eigenvalue weighted by molar-refractivity contribution is -0.132. The van der Waals surface area contributed by atoms with Gasteiger partial charge in [0, 0.05) is 32.1 Å². The Kier molecular flexibility index (Phi) is 6.68. The van der Waals surface area contributed by atoms with Crippen molar-refractivity contribution in [1.29, 1.82) is 0 Å². The average molecular weight is 309 g/mol. The largest absolute Gasteiger partial charge is 0.355 e. The van der Waals surface area contributed by atoms with E-state index in [1.165, 1.54) is 25.7 Å². The standard InChI is InChI=1S/C17H31N3O2/c1-3-17(22)20-10-8-14(9-11-20)12-18-16(21)13-19(2)15-6-4-5-7-15/h14-15H,3-13H2,1-2H3,(H,18,21). The van der Waals surface area contributed by atoms with Crippen LogP contribution in [0.1, 0.15) is 51.9 Å². The first kappa shape index (κ1) is 17.3. The van der Waals surface area contributed by atoms with E-state index in [-0.39, 0.29) is 11.8 Å². The van der Waals surface area contributed by atoms with E-state index in [0.29, 0.717) is 24.9 Å². The number of nitrogens with one attached hydrogen (secondary N) is 1. The van der Waals surface area contributed by atoms with Crippen LogP contribution in [0, 0.1) is 5.92 Å². The Hall–Kier alpha value is -1.10. The van der Waals surface area contributed by atoms with Crippen molar-refractivity contribution in [1.82, 2.24) is 15.1 Å². The van der Waals surface area contributed by atoms with E-state index in [1.54, 1.807) is 0 Å². The van der Waals surface area contributed by atoms with E-state index in [4.69, 9.17) is 0 Å². The molecule has 1 saturated carbocycles. The smallest absolute Gasteiger partial charge is 0.234 e. The molecule has 0 aromatic rings. The Balaban J connectivity index is 1.61. The zero-order chi connectivity index (χ0) is 15.9. The summed E-state index contributed by atoms with van der Waals surface area (Å²) in [6.45, 7) is 4.86. The van der Waals surface area contributed by atoms with Gasteiger partial charge in [-0.1, -0.05) is 19.8 Å². The highest BCUT2D eigenvalue weighted by Crippen LogP contribution is 2.22. The van der Waals surface area contributed by atoms with Gasteiger partial charge in [0.25, 0.3) is 0 Å². The topological polar surface area (TPSA) is 52.7 Å². The van der Waals surface area contributed by atoms with Gasteiger partial charge in [0.1, 0.15) is 0 Å². The van der Waals surface area contributed by atoms with Gasteiger partial charge in [-0.3, -0.25) is 14.5 Å². The van der Waals surface area contributed by atoms with Gasteiger partial charge in [-0.2, -0.15) is 0 Å². The second-order valence-corrected chi connectivity index (χ2v) is 6.84. The van der Waals surface area contributed by atoms with Crippen molar-refractivity contribution in [3.8, 4) is 0 Å². The van der Waals surface area contributed by atoms with Crippen molar-refractivity contribution in [2.45, 2.75) is 57.9 Å². The molecular weight excluding hydrogens is 278 g/mol. The third kappa shape index (κ3) is 4.97. The maximum atomic E-state index is 12.1. The van der Waals surface area contributed by atoms with Gasteiger partial charge in [0.2, 0.25) is 11.8 Å². The predicted octanol–water partition coefficient (Wildman–Crippen LogP) is 1.63. The summed E-state index contributed by atoms with van der Waals surface area (Å²) in [5, 5.41) is 3.08. The lowest BCUT2D eigenvalue weighted by Gasteiger charge is -2.32. The van der Waals surface area contributed by atoms with Crippen LogP contribution in [0.15, 0.2) is 0 Å². The van der Waals surface area contributed by atoms with Crippen LogP contribution in [0.25, 0.3) is 0 Å². The van der Waals surface area contributed by atoms with Crippen molar-refractivity contribution in [3.63, 3.8) is 0 Å². The first-order valence-corrected chi connectivity index (χ1v) is 8.84. The molecule has 0 spiro atoms. The van der Waals surface area contributed by atoms with E-state index >= 15 is 0 Å². The normalized spacial score (nSPS) is 20.6. The zero-order valence-electron chi connectivity index (χ0n) is 14.1. The molecule has 0 aromatic carbocycles. The van der Waals surface area contributed by atoms with Crippen LogP contribution in [-0.2, 0) is 9.59 Å². The van der Waals surface area contributed by atoms with Gasteiger partial charge in [0.15, 0.2) is 0 Å². The Labute approximate surface area is 134 Å². The number of carbonyl (C=O) groups is 2. The van der Waals surface area contributed by atoms with Crippen molar-refractivity contribution in [2.75, 3.05) is 33.2 Å². The number of likely N-dealkylation sites (tertiary alicyclic amines) is 1. The summed E-state index contributed by atoms with van der Waals surface area (Å²) in [7, 11) is 2.06. The maximum Gasteiger partial charge on any atom is 0.234 e. The molecule has 5 nitrogen and oxygen atoms in total. The molecule has 5 heteroatoms. The van der Waals surface area contributed by atoms with Crippen molar-refractivity contribution >= 4 is 11.8 Å². The Bertz CT molecular complexity index is 372. The molecule has 1 aliphatic carbocycles. The predicted molar refractivity (Wildman–Crippen MR) is 87.5 cm³/mol. The van der Waals surface area contributed by atoms with Crippen LogP contribution in [0.5, 0.6) is 0 Å². The second-order valence-electron chi connectivity index (χ2n) is 6.84. The molecule has 1 aliphatic heterocycles. The fraction of sp³-hybridized carbons (Fsp3) is 0.882. The second kappa shape index (κ2) is 8.51. The number of amides is 2. The van der Waals surface area contributed by atoms with Crippen molar-refractivity contribution in [3.05, 3.63) is 0 Å². The summed E-state index contributed by atoms with van der Waals surface area (Å²) in [5.74, 6) is 0.906. The number of nitrogens with zero attached hydrogens (tertiary/aromatic N) is 2. The first-order chi connectivity index (χ1) is 10.6. The number of carbonyl (C=O) groups excluding carboxylic acids is 2. The van der Waals surface area contributed by atoms with Gasteiger partial charge in [0.05, 0.1) is 6.54 Å². The maximum absolute atomic E-state index is 12.1. The quantitative estimate of drug-likeness (QED) is 0.811. The molecular formula is C17H31N3O2. The van der Waals surface area contributed by atoms with E-state index < -0.39 is 0 Å². The fourth-order valence-corrected chi connectivity index (χ4v) is 3.62. The molecule has 0 aromatic heterocycles. The number of hydrogen-bond donors (Lipinski definition) is 1. The third-order valence-electron chi connectivity index (χ3n) is 5.20. The van der Waals surface area contributed by atoms with E-state index in [9.17, 15) is 9.59 Å². The Morgan fingerprint density at radius 2 is 1.77 bits per heavy atom. The summed E-state index contributed by atoms with van der Waals surface area (Å²) in [6, 6.07) is 0.592. The Morgan fingerprint density at radius 1 is 1.14 bits per heavy atom. The highest BCUT2D eigenvalue weighted by atomic mass is 16.2. The molecule has 2 aliphatic rings. The van der Waals surface area contributed by atoms with E-state index in [1.807, 2.05) is 11.8 Å². The number of likely N-dealkylation sites (N-methyl/N-ethyl adjacent to an activating group) is 1. The SMILES string of the molecule is CCC(=O)N1CCC(CNC(=O)CN(C)C2CCCC2)CC1. The number of rotatable bonds is 6. The van der Waals surface area contributed by atoms with E-state index in [2.05, 4.69) is 17.3 Å². The molecule has 0 radical (unpaired) electrons. The molecule has 0 bridgehead atoms. The average Bonchev–Trinajstić information content (AvgIpc) is 3.07. The third-order valence-corrected chi connectivity index (χ3v) is 5.20. The molecule has 126 valence electrons. The number of hydrogen-bond acceptors (Lipinski definition) is 3. The minimum atomic E-state index is 0.140. The van der Waals surface area contributed by atoms with Gasteiger partial charge in [-0.05, 0) is 38.6 Å². The molecule has 0 atom stereocenters. The van der Waals surface area contributed by atoms with Crippen molar-refractivity contribution in [2.24, 2.45) is 5.92 Å². The molecule has 22 heavy (non-hydrogen) atoms. The van der Waals surface area contributed by atoms with Gasteiger partial charge in [-0.15, -0.1) is 0 Å². The van der Waals surface area contributed by atoms with Crippen LogP contribution in [0.3, 0.4) is 0 Å². The van der Waals surface area contributed by atoms with Crippen LogP contribution >= 0.6 is 0 Å². The van der Waals surface area contributed by atoms with Crippen LogP contribution in [-0.4, -0.2) is 60.9 Å². The molecule has 2 rings (SSSR count). The van der Waals surface area contributed by atoms with Gasteiger partial charge < -0.3 is 10.2 Å². The number of piperidine rings is 1.